The molecule has 0 atom stereocenters. The largest absolute Gasteiger partial charge is 0.478 e. The van der Waals surface area contributed by atoms with Gasteiger partial charge in [-0.3, -0.25) is 0 Å². The van der Waals surface area contributed by atoms with Crippen LogP contribution in [0.5, 0.6) is 5.88 Å². The number of rotatable bonds is 5. The number of aromatic nitrogens is 1. The van der Waals surface area contributed by atoms with Crippen LogP contribution in [0.4, 0.5) is 0 Å². The molecule has 0 spiro atoms. The van der Waals surface area contributed by atoms with Gasteiger partial charge in [0.05, 0.1) is 12.2 Å². The van der Waals surface area contributed by atoms with Gasteiger partial charge in [-0.2, -0.15) is 0 Å². The van der Waals surface area contributed by atoms with Crippen LogP contribution in [-0.4, -0.2) is 29.5 Å². The van der Waals surface area contributed by atoms with Crippen molar-refractivity contribution in [3.05, 3.63) is 23.9 Å². The fourth-order valence-electron chi connectivity index (χ4n) is 0.949. The quantitative estimate of drug-likeness (QED) is 0.609. The van der Waals surface area contributed by atoms with Gasteiger partial charge in [0.2, 0.25) is 5.88 Å². The first kappa shape index (κ1) is 12.0. The van der Waals surface area contributed by atoms with E-state index in [0.717, 1.165) is 0 Å². The van der Waals surface area contributed by atoms with Gasteiger partial charge in [-0.05, 0) is 13.0 Å². The van der Waals surface area contributed by atoms with Crippen molar-refractivity contribution in [2.45, 2.75) is 6.92 Å². The monoisotopic (exact) mass is 273 g/mol. The topological polar surface area (TPSA) is 48.4 Å². The Bertz CT molecular complexity index is 313. The van der Waals surface area contributed by atoms with Crippen molar-refractivity contribution in [1.29, 1.82) is 0 Å². The maximum absolute atomic E-state index is 11.3. The first-order chi connectivity index (χ1) is 7.27. The average molecular weight is 274 g/mol. The van der Waals surface area contributed by atoms with Crippen LogP contribution in [0.15, 0.2) is 18.3 Å². The highest BCUT2D eigenvalue weighted by molar-refractivity contribution is 9.09. The van der Waals surface area contributed by atoms with Crippen molar-refractivity contribution in [2.24, 2.45) is 0 Å². The lowest BCUT2D eigenvalue weighted by molar-refractivity contribution is 0.0531. The fourth-order valence-corrected chi connectivity index (χ4v) is 1.11. The standard InChI is InChI=1S/C10H12BrNO3/c1-2-14-9-4-3-8(7-12-9)10(13)15-6-5-11/h3-4,7H,2,5-6H2,1H3. The Morgan fingerprint density at radius 2 is 2.33 bits per heavy atom. The summed E-state index contributed by atoms with van der Waals surface area (Å²) in [7, 11) is 0. The molecule has 0 saturated heterocycles. The molecule has 0 aliphatic heterocycles. The summed E-state index contributed by atoms with van der Waals surface area (Å²) in [4.78, 5) is 15.3. The minimum atomic E-state index is -0.370. The van der Waals surface area contributed by atoms with Gasteiger partial charge in [-0.1, -0.05) is 15.9 Å². The van der Waals surface area contributed by atoms with Crippen LogP contribution in [0, 0.1) is 0 Å². The predicted octanol–water partition coefficient (Wildman–Crippen LogP) is 2.03. The average Bonchev–Trinajstić information content (AvgIpc) is 2.27. The minimum absolute atomic E-state index is 0.353. The highest BCUT2D eigenvalue weighted by atomic mass is 79.9. The van der Waals surface area contributed by atoms with E-state index in [-0.39, 0.29) is 5.97 Å². The van der Waals surface area contributed by atoms with Crippen LogP contribution in [0.2, 0.25) is 0 Å². The zero-order chi connectivity index (χ0) is 11.1. The molecule has 5 heteroatoms. The molecule has 0 fully saturated rings. The number of halogens is 1. The van der Waals surface area contributed by atoms with Crippen LogP contribution in [0.25, 0.3) is 0 Å². The second-order valence-electron chi connectivity index (χ2n) is 2.64. The van der Waals surface area contributed by atoms with E-state index in [1.165, 1.54) is 6.20 Å². The van der Waals surface area contributed by atoms with Gasteiger partial charge >= 0.3 is 5.97 Å². The van der Waals surface area contributed by atoms with E-state index < -0.39 is 0 Å². The lowest BCUT2D eigenvalue weighted by Gasteiger charge is -2.04. The predicted molar refractivity (Wildman–Crippen MR) is 59.5 cm³/mol. The molecule has 1 aromatic rings. The Morgan fingerprint density at radius 3 is 2.87 bits per heavy atom. The molecule has 0 N–H and O–H groups in total. The molecule has 1 aromatic heterocycles. The van der Waals surface area contributed by atoms with Crippen molar-refractivity contribution >= 4 is 21.9 Å². The zero-order valence-electron chi connectivity index (χ0n) is 8.40. The second kappa shape index (κ2) is 6.40. The molecule has 15 heavy (non-hydrogen) atoms. The Kier molecular flexibility index (Phi) is 5.10. The van der Waals surface area contributed by atoms with Gasteiger partial charge in [-0.15, -0.1) is 0 Å². The van der Waals surface area contributed by atoms with E-state index in [2.05, 4.69) is 20.9 Å². The Hall–Kier alpha value is -1.10. The summed E-state index contributed by atoms with van der Waals surface area (Å²) in [5.74, 6) is 0.138. The van der Waals surface area contributed by atoms with Crippen LogP contribution in [0.3, 0.4) is 0 Å². The summed E-state index contributed by atoms with van der Waals surface area (Å²) in [6.45, 7) is 2.78. The van der Waals surface area contributed by atoms with Gasteiger partial charge in [-0.25, -0.2) is 9.78 Å². The first-order valence-corrected chi connectivity index (χ1v) is 5.72. The van der Waals surface area contributed by atoms with Crippen LogP contribution >= 0.6 is 15.9 Å². The summed E-state index contributed by atoms with van der Waals surface area (Å²) in [5, 5.41) is 0.628. The van der Waals surface area contributed by atoms with Crippen molar-refractivity contribution < 1.29 is 14.3 Å². The van der Waals surface area contributed by atoms with Crippen molar-refractivity contribution in [3.8, 4) is 5.88 Å². The molecule has 0 aliphatic carbocycles. The van der Waals surface area contributed by atoms with E-state index in [1.807, 2.05) is 6.92 Å². The van der Waals surface area contributed by atoms with E-state index in [1.54, 1.807) is 12.1 Å². The first-order valence-electron chi connectivity index (χ1n) is 4.60. The number of esters is 1. The highest BCUT2D eigenvalue weighted by Gasteiger charge is 2.07. The lowest BCUT2D eigenvalue weighted by Crippen LogP contribution is -2.07. The molecule has 4 nitrogen and oxygen atoms in total. The molecule has 0 saturated carbocycles. The smallest absolute Gasteiger partial charge is 0.339 e. The number of carbonyl (C=O) groups excluding carboxylic acids is 1. The SMILES string of the molecule is CCOc1ccc(C(=O)OCCBr)cn1. The Labute approximate surface area is 96.7 Å². The number of ether oxygens (including phenoxy) is 2. The number of hydrogen-bond donors (Lipinski definition) is 0. The molecule has 0 amide bonds. The zero-order valence-corrected chi connectivity index (χ0v) is 9.99. The summed E-state index contributed by atoms with van der Waals surface area (Å²) < 4.78 is 10.1. The van der Waals surface area contributed by atoms with E-state index in [4.69, 9.17) is 9.47 Å². The summed E-state index contributed by atoms with van der Waals surface area (Å²) in [6.07, 6.45) is 1.45. The van der Waals surface area contributed by atoms with E-state index in [0.29, 0.717) is 30.0 Å². The van der Waals surface area contributed by atoms with Crippen molar-refractivity contribution in [3.63, 3.8) is 0 Å². The molecule has 82 valence electrons. The molecular formula is C10H12BrNO3. The van der Waals surface area contributed by atoms with Gasteiger partial charge < -0.3 is 9.47 Å². The van der Waals surface area contributed by atoms with Gasteiger partial charge in [0.25, 0.3) is 0 Å². The summed E-state index contributed by atoms with van der Waals surface area (Å²) in [6, 6.07) is 3.28. The van der Waals surface area contributed by atoms with Crippen molar-refractivity contribution in [1.82, 2.24) is 4.98 Å². The Morgan fingerprint density at radius 1 is 1.53 bits per heavy atom. The molecule has 1 heterocycles. The van der Waals surface area contributed by atoms with Crippen LogP contribution < -0.4 is 4.74 Å². The van der Waals surface area contributed by atoms with E-state index >= 15 is 0 Å². The number of pyridine rings is 1. The van der Waals surface area contributed by atoms with Gasteiger partial charge in [0.15, 0.2) is 0 Å². The number of carbonyl (C=O) groups is 1. The molecule has 0 unspecified atom stereocenters. The minimum Gasteiger partial charge on any atom is -0.478 e. The third-order valence-electron chi connectivity index (χ3n) is 1.57. The summed E-state index contributed by atoms with van der Waals surface area (Å²) in [5.41, 5.74) is 0.430. The summed E-state index contributed by atoms with van der Waals surface area (Å²) >= 11 is 3.17. The number of hydrogen-bond acceptors (Lipinski definition) is 4. The maximum atomic E-state index is 11.3. The second-order valence-corrected chi connectivity index (χ2v) is 3.44. The van der Waals surface area contributed by atoms with Gasteiger partial charge in [0, 0.05) is 17.6 Å². The van der Waals surface area contributed by atoms with Crippen LogP contribution in [0.1, 0.15) is 17.3 Å². The number of nitrogens with zero attached hydrogens (tertiary/aromatic N) is 1. The molecule has 0 aliphatic rings. The maximum Gasteiger partial charge on any atom is 0.339 e. The van der Waals surface area contributed by atoms with Gasteiger partial charge in [0.1, 0.15) is 6.61 Å². The lowest BCUT2D eigenvalue weighted by atomic mass is 10.3. The number of alkyl halides is 1. The Balaban J connectivity index is 2.58. The highest BCUT2D eigenvalue weighted by Crippen LogP contribution is 2.08. The molecule has 0 bridgehead atoms. The molecule has 1 rings (SSSR count). The van der Waals surface area contributed by atoms with Crippen molar-refractivity contribution in [2.75, 3.05) is 18.5 Å². The third kappa shape index (κ3) is 3.87. The third-order valence-corrected chi connectivity index (χ3v) is 1.90. The molecular weight excluding hydrogens is 262 g/mol. The van der Waals surface area contributed by atoms with E-state index in [9.17, 15) is 4.79 Å². The van der Waals surface area contributed by atoms with Crippen LogP contribution in [-0.2, 0) is 4.74 Å². The normalized spacial score (nSPS) is 9.73. The molecule has 0 aromatic carbocycles. The fraction of sp³-hybridized carbons (Fsp3) is 0.400. The molecule has 0 radical (unpaired) electrons.